The molecule has 0 aromatic carbocycles. The van der Waals surface area contributed by atoms with E-state index >= 15 is 0 Å². The van der Waals surface area contributed by atoms with E-state index in [0.29, 0.717) is 5.92 Å². The van der Waals surface area contributed by atoms with Crippen molar-refractivity contribution < 1.29 is 0 Å². The number of aromatic nitrogens is 4. The standard InChI is InChI=1S/C15H23N5/c1-4-17-14(13-5-7-16-8-6-13)9-15-18-11-19-20(15)10-12(2)3/h5-8,11-12,14,17H,4,9-10H2,1-3H3. The lowest BCUT2D eigenvalue weighted by atomic mass is 10.0. The highest BCUT2D eigenvalue weighted by molar-refractivity contribution is 5.16. The molecule has 0 spiro atoms. The van der Waals surface area contributed by atoms with Gasteiger partial charge in [-0.25, -0.2) is 9.67 Å². The van der Waals surface area contributed by atoms with E-state index in [4.69, 9.17) is 0 Å². The van der Waals surface area contributed by atoms with E-state index < -0.39 is 0 Å². The third-order valence-corrected chi connectivity index (χ3v) is 3.18. The molecular weight excluding hydrogens is 250 g/mol. The third-order valence-electron chi connectivity index (χ3n) is 3.18. The van der Waals surface area contributed by atoms with E-state index in [0.717, 1.165) is 25.3 Å². The summed E-state index contributed by atoms with van der Waals surface area (Å²) in [7, 11) is 0. The number of hydrogen-bond donors (Lipinski definition) is 1. The number of nitrogens with one attached hydrogen (secondary N) is 1. The van der Waals surface area contributed by atoms with Gasteiger partial charge in [-0.1, -0.05) is 20.8 Å². The lowest BCUT2D eigenvalue weighted by molar-refractivity contribution is 0.446. The summed E-state index contributed by atoms with van der Waals surface area (Å²) in [6, 6.07) is 4.35. The van der Waals surface area contributed by atoms with Gasteiger partial charge in [-0.05, 0) is 30.2 Å². The van der Waals surface area contributed by atoms with Crippen LogP contribution < -0.4 is 5.32 Å². The van der Waals surface area contributed by atoms with E-state index in [9.17, 15) is 0 Å². The summed E-state index contributed by atoms with van der Waals surface area (Å²) in [5.41, 5.74) is 1.24. The normalized spacial score (nSPS) is 12.8. The molecule has 0 aliphatic carbocycles. The Bertz CT molecular complexity index is 506. The van der Waals surface area contributed by atoms with Gasteiger partial charge in [0.05, 0.1) is 0 Å². The lowest BCUT2D eigenvalue weighted by Gasteiger charge is -2.18. The quantitative estimate of drug-likeness (QED) is 0.840. The van der Waals surface area contributed by atoms with Crippen LogP contribution in [0, 0.1) is 5.92 Å². The minimum atomic E-state index is 0.248. The first kappa shape index (κ1) is 14.7. The molecule has 2 aromatic heterocycles. The molecule has 0 saturated heterocycles. The molecule has 1 atom stereocenters. The number of pyridine rings is 1. The van der Waals surface area contributed by atoms with Crippen molar-refractivity contribution in [1.29, 1.82) is 0 Å². The summed E-state index contributed by atoms with van der Waals surface area (Å²) in [6.45, 7) is 8.33. The molecule has 5 nitrogen and oxygen atoms in total. The first-order valence-corrected chi connectivity index (χ1v) is 7.20. The van der Waals surface area contributed by atoms with E-state index in [2.05, 4.69) is 53.3 Å². The van der Waals surface area contributed by atoms with Gasteiger partial charge in [0.25, 0.3) is 0 Å². The molecule has 5 heteroatoms. The van der Waals surface area contributed by atoms with E-state index in [1.165, 1.54) is 5.56 Å². The Morgan fingerprint density at radius 1 is 1.25 bits per heavy atom. The van der Waals surface area contributed by atoms with E-state index in [1.807, 2.05) is 17.1 Å². The molecule has 0 radical (unpaired) electrons. The Morgan fingerprint density at radius 2 is 2.00 bits per heavy atom. The van der Waals surface area contributed by atoms with Crippen LogP contribution in [-0.4, -0.2) is 26.3 Å². The zero-order valence-corrected chi connectivity index (χ0v) is 12.5. The summed E-state index contributed by atoms with van der Waals surface area (Å²) in [6.07, 6.45) is 6.15. The van der Waals surface area contributed by atoms with Crippen LogP contribution in [0.2, 0.25) is 0 Å². The van der Waals surface area contributed by atoms with Crippen molar-refractivity contribution in [2.45, 2.75) is 39.8 Å². The number of rotatable bonds is 7. The number of likely N-dealkylation sites (N-methyl/N-ethyl adjacent to an activating group) is 1. The van der Waals surface area contributed by atoms with Crippen LogP contribution in [0.25, 0.3) is 0 Å². The summed E-state index contributed by atoms with van der Waals surface area (Å²) in [5, 5.41) is 7.84. The Kier molecular flexibility index (Phi) is 5.24. The predicted molar refractivity (Wildman–Crippen MR) is 79.2 cm³/mol. The highest BCUT2D eigenvalue weighted by Gasteiger charge is 2.15. The Balaban J connectivity index is 2.14. The minimum absolute atomic E-state index is 0.248. The molecule has 1 N–H and O–H groups in total. The Morgan fingerprint density at radius 3 is 2.65 bits per heavy atom. The fraction of sp³-hybridized carbons (Fsp3) is 0.533. The van der Waals surface area contributed by atoms with Gasteiger partial charge in [0.15, 0.2) is 0 Å². The summed E-state index contributed by atoms with van der Waals surface area (Å²) in [4.78, 5) is 8.49. The second kappa shape index (κ2) is 7.14. The van der Waals surface area contributed by atoms with Crippen LogP contribution in [0.4, 0.5) is 0 Å². The molecule has 0 bridgehead atoms. The molecule has 2 aromatic rings. The molecule has 20 heavy (non-hydrogen) atoms. The topological polar surface area (TPSA) is 55.6 Å². The maximum atomic E-state index is 4.41. The van der Waals surface area contributed by atoms with Crippen molar-refractivity contribution in [3.63, 3.8) is 0 Å². The van der Waals surface area contributed by atoms with Gasteiger partial charge in [0.1, 0.15) is 12.2 Å². The maximum Gasteiger partial charge on any atom is 0.138 e. The van der Waals surface area contributed by atoms with Gasteiger partial charge in [0, 0.05) is 31.4 Å². The highest BCUT2D eigenvalue weighted by atomic mass is 15.3. The van der Waals surface area contributed by atoms with Crippen LogP contribution in [0.1, 0.15) is 38.2 Å². The summed E-state index contributed by atoms with van der Waals surface area (Å²) >= 11 is 0. The maximum absolute atomic E-state index is 4.41. The van der Waals surface area contributed by atoms with Gasteiger partial charge >= 0.3 is 0 Å². The third kappa shape index (κ3) is 3.87. The van der Waals surface area contributed by atoms with E-state index in [-0.39, 0.29) is 6.04 Å². The molecule has 0 aliphatic rings. The van der Waals surface area contributed by atoms with Gasteiger partial charge in [0.2, 0.25) is 0 Å². The number of nitrogens with zero attached hydrogens (tertiary/aromatic N) is 4. The largest absolute Gasteiger partial charge is 0.310 e. The van der Waals surface area contributed by atoms with Crippen molar-refractivity contribution in [1.82, 2.24) is 25.1 Å². The summed E-state index contributed by atoms with van der Waals surface area (Å²) in [5.74, 6) is 1.59. The molecule has 108 valence electrons. The average Bonchev–Trinajstić information content (AvgIpc) is 2.86. The summed E-state index contributed by atoms with van der Waals surface area (Å²) < 4.78 is 2.01. The highest BCUT2D eigenvalue weighted by Crippen LogP contribution is 2.17. The van der Waals surface area contributed by atoms with Crippen LogP contribution in [0.3, 0.4) is 0 Å². The monoisotopic (exact) mass is 273 g/mol. The van der Waals surface area contributed by atoms with Crippen molar-refractivity contribution in [2.75, 3.05) is 6.54 Å². The first-order valence-electron chi connectivity index (χ1n) is 7.20. The molecule has 2 rings (SSSR count). The van der Waals surface area contributed by atoms with Crippen LogP contribution >= 0.6 is 0 Å². The fourth-order valence-electron chi connectivity index (χ4n) is 2.28. The second-order valence-corrected chi connectivity index (χ2v) is 5.35. The van der Waals surface area contributed by atoms with Crippen molar-refractivity contribution in [2.24, 2.45) is 5.92 Å². The minimum Gasteiger partial charge on any atom is -0.310 e. The fourth-order valence-corrected chi connectivity index (χ4v) is 2.28. The van der Waals surface area contributed by atoms with Gasteiger partial charge in [-0.15, -0.1) is 0 Å². The van der Waals surface area contributed by atoms with Crippen molar-refractivity contribution >= 4 is 0 Å². The Labute approximate surface area is 120 Å². The van der Waals surface area contributed by atoms with Crippen LogP contribution in [0.5, 0.6) is 0 Å². The second-order valence-electron chi connectivity index (χ2n) is 5.35. The van der Waals surface area contributed by atoms with Crippen molar-refractivity contribution in [3.05, 3.63) is 42.2 Å². The molecule has 0 amide bonds. The SMILES string of the molecule is CCNC(Cc1ncnn1CC(C)C)c1ccncc1. The van der Waals surface area contributed by atoms with Gasteiger partial charge < -0.3 is 5.32 Å². The number of hydrogen-bond acceptors (Lipinski definition) is 4. The molecular formula is C15H23N5. The average molecular weight is 273 g/mol. The van der Waals surface area contributed by atoms with Crippen molar-refractivity contribution in [3.8, 4) is 0 Å². The first-order chi connectivity index (χ1) is 9.70. The zero-order chi connectivity index (χ0) is 14.4. The van der Waals surface area contributed by atoms with E-state index in [1.54, 1.807) is 6.33 Å². The Hall–Kier alpha value is -1.75. The van der Waals surface area contributed by atoms with Crippen LogP contribution in [0.15, 0.2) is 30.9 Å². The molecule has 0 fully saturated rings. The molecule has 2 heterocycles. The zero-order valence-electron chi connectivity index (χ0n) is 12.5. The van der Waals surface area contributed by atoms with Gasteiger partial charge in [-0.3, -0.25) is 4.98 Å². The lowest BCUT2D eigenvalue weighted by Crippen LogP contribution is -2.25. The molecule has 0 saturated carbocycles. The molecule has 1 unspecified atom stereocenters. The van der Waals surface area contributed by atoms with Crippen LogP contribution in [-0.2, 0) is 13.0 Å². The predicted octanol–water partition coefficient (Wildman–Crippen LogP) is 2.22. The molecule has 0 aliphatic heterocycles. The smallest absolute Gasteiger partial charge is 0.138 e. The van der Waals surface area contributed by atoms with Gasteiger partial charge in [-0.2, -0.15) is 5.10 Å².